The fraction of sp³-hybridized carbons (Fsp3) is 0.919. The zero-order valence-electron chi connectivity index (χ0n) is 28.6. The van der Waals surface area contributed by atoms with Gasteiger partial charge in [-0.15, -0.1) is 0 Å². The lowest BCUT2D eigenvalue weighted by Gasteiger charge is -2.39. The Bertz CT molecular complexity index is 812. The van der Waals surface area contributed by atoms with Gasteiger partial charge in [0.1, 0.15) is 0 Å². The maximum absolute atomic E-state index is 13.0. The van der Waals surface area contributed by atoms with Crippen molar-refractivity contribution in [3.63, 3.8) is 0 Å². The van der Waals surface area contributed by atoms with Crippen molar-refractivity contribution in [3.8, 4) is 0 Å². The molecule has 0 aromatic heterocycles. The first kappa shape index (κ1) is 38.6. The van der Waals surface area contributed by atoms with Crippen LogP contribution < -0.4 is 0 Å². The number of unbranched alkanes of at least 4 members (excludes halogenated alkanes) is 20. The van der Waals surface area contributed by atoms with Gasteiger partial charge in [0.25, 0.3) is 5.79 Å². The third-order valence-electron chi connectivity index (χ3n) is 9.45. The molecule has 2 fully saturated rings. The van der Waals surface area contributed by atoms with Crippen LogP contribution in [0.1, 0.15) is 194 Å². The number of aliphatic hydroxyl groups is 1. The van der Waals surface area contributed by atoms with Gasteiger partial charge in [-0.3, -0.25) is 9.59 Å². The van der Waals surface area contributed by atoms with Gasteiger partial charge in [0.05, 0.1) is 12.8 Å². The normalized spacial score (nSPS) is 23.7. The Balaban J connectivity index is 1.78. The van der Waals surface area contributed by atoms with Crippen molar-refractivity contribution in [3.05, 3.63) is 0 Å². The van der Waals surface area contributed by atoms with E-state index in [2.05, 4.69) is 20.8 Å². The van der Waals surface area contributed by atoms with Gasteiger partial charge in [-0.05, 0) is 25.2 Å². The van der Waals surface area contributed by atoms with Crippen LogP contribution in [0.2, 0.25) is 0 Å². The molecule has 44 heavy (non-hydrogen) atoms. The number of cyclic esters (lactones) is 1. The molecule has 2 bridgehead atoms. The summed E-state index contributed by atoms with van der Waals surface area (Å²) >= 11 is 0. The van der Waals surface area contributed by atoms with Crippen molar-refractivity contribution < 1.29 is 33.7 Å². The number of ether oxygens (including phenoxy) is 3. The molecule has 0 aliphatic carbocycles. The molecular formula is C37H66O7. The molecular weight excluding hydrogens is 556 g/mol. The lowest BCUT2D eigenvalue weighted by Crippen LogP contribution is -2.55. The Hall–Kier alpha value is -1.63. The average Bonchev–Trinajstić information content (AvgIpc) is 3.03. The van der Waals surface area contributed by atoms with Gasteiger partial charge in [-0.2, -0.15) is 0 Å². The van der Waals surface area contributed by atoms with Gasteiger partial charge >= 0.3 is 17.9 Å². The summed E-state index contributed by atoms with van der Waals surface area (Å²) in [5.41, 5.74) is -2.23. The van der Waals surface area contributed by atoms with Crippen LogP contribution in [0.3, 0.4) is 0 Å². The molecule has 0 amide bonds. The number of rotatable bonds is 26. The van der Waals surface area contributed by atoms with Crippen LogP contribution in [0.25, 0.3) is 0 Å². The first-order valence-corrected chi connectivity index (χ1v) is 18.6. The first-order chi connectivity index (χ1) is 21.2. The van der Waals surface area contributed by atoms with Crippen molar-refractivity contribution in [2.75, 3.05) is 0 Å². The minimum Gasteiger partial charge on any atom is -0.454 e. The fourth-order valence-electron chi connectivity index (χ4n) is 6.66. The van der Waals surface area contributed by atoms with Gasteiger partial charge < -0.3 is 19.3 Å². The summed E-state index contributed by atoms with van der Waals surface area (Å²) in [6, 6.07) is 0. The smallest absolute Gasteiger partial charge is 0.342 e. The Labute approximate surface area is 268 Å². The number of hydrogen-bond donors (Lipinski definition) is 1. The largest absolute Gasteiger partial charge is 0.454 e. The summed E-state index contributed by atoms with van der Waals surface area (Å²) in [7, 11) is 0. The molecule has 256 valence electrons. The number of carbonyl (C=O) groups is 3. The Morgan fingerprint density at radius 2 is 1.09 bits per heavy atom. The predicted molar refractivity (Wildman–Crippen MR) is 175 cm³/mol. The summed E-state index contributed by atoms with van der Waals surface area (Å²) < 4.78 is 17.4. The number of fused-ring (bicyclic) bond motifs is 3. The minimum atomic E-state index is -2.23. The van der Waals surface area contributed by atoms with Crippen LogP contribution >= 0.6 is 0 Å². The van der Waals surface area contributed by atoms with Crippen molar-refractivity contribution >= 4 is 17.9 Å². The van der Waals surface area contributed by atoms with Crippen molar-refractivity contribution in [2.24, 2.45) is 5.92 Å². The standard InChI is InChI=1S/C37H66O7/c1-4-5-6-7-8-9-10-11-12-13-16-19-22-25-28-37-32(27-24-21-18-15-14-17-20-23-26-31(2)3)42-33(38)29-36(41,35(40)44-37)30-34(39)43-37/h31-32,41H,4-30H2,1-3H3. The fourth-order valence-corrected chi connectivity index (χ4v) is 6.66. The highest BCUT2D eigenvalue weighted by Crippen LogP contribution is 2.40. The molecule has 7 heteroatoms. The van der Waals surface area contributed by atoms with Gasteiger partial charge in [0, 0.05) is 6.42 Å². The van der Waals surface area contributed by atoms with E-state index in [1.165, 1.54) is 103 Å². The molecule has 0 radical (unpaired) electrons. The molecule has 0 spiro atoms. The van der Waals surface area contributed by atoms with E-state index in [9.17, 15) is 19.5 Å². The maximum atomic E-state index is 13.0. The topological polar surface area (TPSA) is 99.1 Å². The van der Waals surface area contributed by atoms with Gasteiger partial charge in [-0.25, -0.2) is 4.79 Å². The van der Waals surface area contributed by atoms with E-state index in [1.807, 2.05) is 0 Å². The molecule has 2 heterocycles. The van der Waals surface area contributed by atoms with Crippen LogP contribution in [-0.2, 0) is 28.6 Å². The lowest BCUT2D eigenvalue weighted by atomic mass is 9.93. The average molecular weight is 623 g/mol. The van der Waals surface area contributed by atoms with Crippen LogP contribution in [-0.4, -0.2) is 40.5 Å². The SMILES string of the molecule is CCCCCCCCCCCCCCCCC12OC(=O)CC(O)(CC(=O)OC1CCCCCCCCCCC(C)C)C(=O)O2. The summed E-state index contributed by atoms with van der Waals surface area (Å²) in [5.74, 6) is -3.24. The molecule has 2 rings (SSSR count). The number of carbonyl (C=O) groups excluding carboxylic acids is 3. The third kappa shape index (κ3) is 15.1. The van der Waals surface area contributed by atoms with E-state index in [1.54, 1.807) is 0 Å². The van der Waals surface area contributed by atoms with Crippen molar-refractivity contribution in [2.45, 2.75) is 212 Å². The van der Waals surface area contributed by atoms with Crippen LogP contribution in [0.4, 0.5) is 0 Å². The zero-order valence-corrected chi connectivity index (χ0v) is 28.6. The maximum Gasteiger partial charge on any atom is 0.342 e. The summed E-state index contributed by atoms with van der Waals surface area (Å²) in [6.45, 7) is 6.80. The quantitative estimate of drug-likeness (QED) is 0.0757. The van der Waals surface area contributed by atoms with Crippen molar-refractivity contribution in [1.82, 2.24) is 0 Å². The van der Waals surface area contributed by atoms with Crippen LogP contribution in [0.15, 0.2) is 0 Å². The van der Waals surface area contributed by atoms with Gasteiger partial charge in [0.2, 0.25) is 0 Å². The molecule has 2 aliphatic heterocycles. The molecule has 0 saturated carbocycles. The Morgan fingerprint density at radius 3 is 1.61 bits per heavy atom. The van der Waals surface area contributed by atoms with E-state index in [0.717, 1.165) is 44.4 Å². The second-order valence-electron chi connectivity index (χ2n) is 14.2. The molecule has 3 unspecified atom stereocenters. The monoisotopic (exact) mass is 622 g/mol. The van der Waals surface area contributed by atoms with Crippen molar-refractivity contribution in [1.29, 1.82) is 0 Å². The number of hydrogen-bond acceptors (Lipinski definition) is 7. The second-order valence-corrected chi connectivity index (χ2v) is 14.2. The summed E-state index contributed by atoms with van der Waals surface area (Å²) in [4.78, 5) is 38.5. The molecule has 7 nitrogen and oxygen atoms in total. The Kier molecular flexibility index (Phi) is 19.3. The first-order valence-electron chi connectivity index (χ1n) is 18.6. The number of esters is 3. The lowest BCUT2D eigenvalue weighted by molar-refractivity contribution is -0.273. The highest BCUT2D eigenvalue weighted by atomic mass is 16.8. The molecule has 0 aromatic rings. The van der Waals surface area contributed by atoms with Crippen LogP contribution in [0, 0.1) is 5.92 Å². The summed E-state index contributed by atoms with van der Waals surface area (Å²) in [6.07, 6.45) is 26.1. The molecule has 2 aliphatic rings. The van der Waals surface area contributed by atoms with E-state index in [-0.39, 0.29) is 6.42 Å². The molecule has 3 atom stereocenters. The molecule has 1 N–H and O–H groups in total. The zero-order chi connectivity index (χ0) is 32.1. The highest BCUT2D eigenvalue weighted by Gasteiger charge is 2.58. The van der Waals surface area contributed by atoms with E-state index in [0.29, 0.717) is 12.8 Å². The van der Waals surface area contributed by atoms with E-state index < -0.39 is 48.2 Å². The predicted octanol–water partition coefficient (Wildman–Crippen LogP) is 9.65. The highest BCUT2D eigenvalue weighted by molar-refractivity contribution is 5.92. The molecule has 2 saturated heterocycles. The summed E-state index contributed by atoms with van der Waals surface area (Å²) in [5, 5.41) is 10.8. The molecule has 0 aromatic carbocycles. The third-order valence-corrected chi connectivity index (χ3v) is 9.45. The van der Waals surface area contributed by atoms with E-state index >= 15 is 0 Å². The van der Waals surface area contributed by atoms with Gasteiger partial charge in [0.15, 0.2) is 11.7 Å². The second kappa shape index (κ2) is 22.0. The van der Waals surface area contributed by atoms with E-state index in [4.69, 9.17) is 14.2 Å². The van der Waals surface area contributed by atoms with Crippen LogP contribution in [0.5, 0.6) is 0 Å². The Morgan fingerprint density at radius 1 is 0.636 bits per heavy atom. The minimum absolute atomic E-state index is 0.271. The van der Waals surface area contributed by atoms with Gasteiger partial charge in [-0.1, -0.05) is 156 Å².